The molecule has 1 aromatic heterocycles. The molecular formula is C12H15N9O4. The van der Waals surface area contributed by atoms with Crippen LogP contribution in [0, 0.1) is 39.9 Å². The van der Waals surface area contributed by atoms with Gasteiger partial charge in [-0.25, -0.2) is 0 Å². The second-order valence-electron chi connectivity index (χ2n) is 4.21. The summed E-state index contributed by atoms with van der Waals surface area (Å²) in [7, 11) is 0. The molecule has 0 saturated carbocycles. The first-order valence-corrected chi connectivity index (χ1v) is 6.75. The molecular weight excluding hydrogens is 334 g/mol. The smallest absolute Gasteiger partial charge is 0.235 e. The third-order valence-electron chi connectivity index (χ3n) is 2.67. The van der Waals surface area contributed by atoms with Crippen molar-refractivity contribution in [2.45, 2.75) is 6.10 Å². The van der Waals surface area contributed by atoms with Crippen LogP contribution in [0.15, 0.2) is 0 Å². The van der Waals surface area contributed by atoms with Gasteiger partial charge < -0.3 is 30.7 Å². The quantitative estimate of drug-likeness (QED) is 0.286. The molecule has 13 nitrogen and oxygen atoms in total. The van der Waals surface area contributed by atoms with Gasteiger partial charge in [-0.05, 0) is 0 Å². The number of aliphatic hydroxyl groups is 3. The van der Waals surface area contributed by atoms with Crippen LogP contribution in [0.5, 0.6) is 0 Å². The van der Waals surface area contributed by atoms with Gasteiger partial charge in [0, 0.05) is 0 Å². The predicted octanol–water partition coefficient (Wildman–Crippen LogP) is -2.12. The first kappa shape index (κ1) is 19.8. The van der Waals surface area contributed by atoms with Crippen molar-refractivity contribution in [1.29, 1.82) is 15.8 Å². The highest BCUT2D eigenvalue weighted by atomic mass is 16.5. The molecule has 0 aromatic carbocycles. The van der Waals surface area contributed by atoms with Crippen LogP contribution in [0.2, 0.25) is 0 Å². The van der Waals surface area contributed by atoms with E-state index in [0.717, 1.165) is 4.90 Å². The van der Waals surface area contributed by atoms with Crippen molar-refractivity contribution in [2.75, 3.05) is 42.5 Å². The number of ether oxygens (including phenoxy) is 1. The maximum atomic E-state index is 9.45. The number of hydrogen-bond acceptors (Lipinski definition) is 13. The Kier molecular flexibility index (Phi) is 8.29. The highest BCUT2D eigenvalue weighted by Crippen LogP contribution is 2.14. The van der Waals surface area contributed by atoms with Gasteiger partial charge in [0.05, 0.1) is 18.2 Å². The summed E-state index contributed by atoms with van der Waals surface area (Å²) >= 11 is 0. The molecule has 0 spiro atoms. The van der Waals surface area contributed by atoms with Crippen LogP contribution in [-0.2, 0) is 4.74 Å². The number of nitrogens with zero attached hydrogens (tertiary/aromatic N) is 7. The number of nitriles is 3. The van der Waals surface area contributed by atoms with Crippen molar-refractivity contribution in [2.24, 2.45) is 5.92 Å². The summed E-state index contributed by atoms with van der Waals surface area (Å²) in [6.45, 7) is -1.97. The van der Waals surface area contributed by atoms with Crippen LogP contribution in [0.1, 0.15) is 0 Å². The zero-order valence-corrected chi connectivity index (χ0v) is 12.9. The molecule has 0 amide bonds. The Morgan fingerprint density at radius 2 is 1.52 bits per heavy atom. The van der Waals surface area contributed by atoms with Crippen LogP contribution in [0.25, 0.3) is 0 Å². The molecule has 132 valence electrons. The Hall–Kier alpha value is -3.28. The van der Waals surface area contributed by atoms with E-state index in [2.05, 4.69) is 25.6 Å². The Morgan fingerprint density at radius 3 is 1.92 bits per heavy atom. The first-order chi connectivity index (χ1) is 12.1. The number of anilines is 3. The van der Waals surface area contributed by atoms with Gasteiger partial charge in [0.1, 0.15) is 26.9 Å². The van der Waals surface area contributed by atoms with E-state index in [1.807, 2.05) is 0 Å². The minimum atomic E-state index is -1.34. The van der Waals surface area contributed by atoms with Crippen LogP contribution in [0.4, 0.5) is 17.8 Å². The molecule has 5 N–H and O–H groups in total. The van der Waals surface area contributed by atoms with Gasteiger partial charge in [-0.2, -0.15) is 30.7 Å². The van der Waals surface area contributed by atoms with E-state index in [1.54, 1.807) is 18.2 Å². The maximum absolute atomic E-state index is 9.45. The molecule has 0 aliphatic rings. The van der Waals surface area contributed by atoms with Gasteiger partial charge in [-0.3, -0.25) is 4.90 Å². The van der Waals surface area contributed by atoms with Crippen molar-refractivity contribution in [1.82, 2.24) is 15.0 Å². The van der Waals surface area contributed by atoms with Gasteiger partial charge in [-0.15, -0.1) is 0 Å². The zero-order valence-electron chi connectivity index (χ0n) is 12.9. The lowest BCUT2D eigenvalue weighted by molar-refractivity contribution is 0.0668. The second kappa shape index (κ2) is 10.5. The molecule has 1 unspecified atom stereocenters. The molecule has 13 heteroatoms. The minimum absolute atomic E-state index is 0.0503. The molecule has 1 aromatic rings. The summed E-state index contributed by atoms with van der Waals surface area (Å²) in [6.07, 6.45) is -1.34. The standard InChI is InChI=1S/C12H15N9O4/c13-1-8(2-14)9(3-15)25-7-21(6-24)12-19-10(16-4-22)18-11(20-12)17-5-23/h8-9,22-24H,4-7H2,(H2,16,17,18,19,20). The van der Waals surface area contributed by atoms with Gasteiger partial charge in [0.25, 0.3) is 0 Å². The monoisotopic (exact) mass is 349 g/mol. The fourth-order valence-electron chi connectivity index (χ4n) is 1.51. The highest BCUT2D eigenvalue weighted by Gasteiger charge is 2.23. The van der Waals surface area contributed by atoms with E-state index in [0.29, 0.717) is 0 Å². The Balaban J connectivity index is 2.97. The highest BCUT2D eigenvalue weighted by molar-refractivity contribution is 5.43. The summed E-state index contributed by atoms with van der Waals surface area (Å²) in [5.41, 5.74) is 0. The fraction of sp³-hybridized carbons (Fsp3) is 0.500. The second-order valence-corrected chi connectivity index (χ2v) is 4.21. The Labute approximate surface area is 142 Å². The van der Waals surface area contributed by atoms with Crippen LogP contribution in [0.3, 0.4) is 0 Å². The van der Waals surface area contributed by atoms with Crippen molar-refractivity contribution in [3.63, 3.8) is 0 Å². The van der Waals surface area contributed by atoms with Crippen molar-refractivity contribution >= 4 is 17.8 Å². The number of aliphatic hydroxyl groups excluding tert-OH is 3. The number of aromatic nitrogens is 3. The molecule has 0 aliphatic carbocycles. The lowest BCUT2D eigenvalue weighted by atomic mass is 10.1. The largest absolute Gasteiger partial charge is 0.376 e. The molecule has 25 heavy (non-hydrogen) atoms. The number of hydrogen-bond donors (Lipinski definition) is 5. The van der Waals surface area contributed by atoms with Gasteiger partial charge in [-0.1, -0.05) is 0 Å². The molecule has 0 radical (unpaired) electrons. The van der Waals surface area contributed by atoms with Crippen molar-refractivity contribution in [3.8, 4) is 18.2 Å². The average Bonchev–Trinajstić information content (AvgIpc) is 2.62. The Bertz CT molecular complexity index is 642. The molecule has 1 atom stereocenters. The van der Waals surface area contributed by atoms with E-state index < -0.39 is 38.9 Å². The molecule has 0 fully saturated rings. The van der Waals surface area contributed by atoms with Crippen LogP contribution < -0.4 is 15.5 Å². The van der Waals surface area contributed by atoms with E-state index in [-0.39, 0.29) is 17.8 Å². The third kappa shape index (κ3) is 5.69. The molecule has 0 aliphatic heterocycles. The third-order valence-corrected chi connectivity index (χ3v) is 2.67. The number of rotatable bonds is 10. The fourth-order valence-corrected chi connectivity index (χ4v) is 1.51. The van der Waals surface area contributed by atoms with Gasteiger partial charge in [0.15, 0.2) is 12.0 Å². The van der Waals surface area contributed by atoms with E-state index >= 15 is 0 Å². The maximum Gasteiger partial charge on any atom is 0.235 e. The molecule has 1 heterocycles. The minimum Gasteiger partial charge on any atom is -0.376 e. The normalized spacial score (nSPS) is 11.1. The summed E-state index contributed by atoms with van der Waals surface area (Å²) in [5, 5.41) is 58.6. The van der Waals surface area contributed by atoms with Crippen LogP contribution >= 0.6 is 0 Å². The topological polar surface area (TPSA) is 207 Å². The van der Waals surface area contributed by atoms with Gasteiger partial charge in [0.2, 0.25) is 17.8 Å². The summed E-state index contributed by atoms with van der Waals surface area (Å²) in [6, 6.07) is 4.94. The first-order valence-electron chi connectivity index (χ1n) is 6.75. The van der Waals surface area contributed by atoms with E-state index in [4.69, 9.17) is 30.7 Å². The molecule has 1 rings (SSSR count). The van der Waals surface area contributed by atoms with Crippen molar-refractivity contribution < 1.29 is 20.1 Å². The number of nitrogens with one attached hydrogen (secondary N) is 2. The lowest BCUT2D eigenvalue weighted by Gasteiger charge is -2.22. The van der Waals surface area contributed by atoms with Crippen LogP contribution in [-0.4, -0.2) is 63.3 Å². The van der Waals surface area contributed by atoms with Gasteiger partial charge >= 0.3 is 0 Å². The lowest BCUT2D eigenvalue weighted by Crippen LogP contribution is -2.33. The summed E-state index contributed by atoms with van der Waals surface area (Å²) in [5.74, 6) is -1.51. The van der Waals surface area contributed by atoms with Crippen molar-refractivity contribution in [3.05, 3.63) is 0 Å². The van der Waals surface area contributed by atoms with E-state index in [9.17, 15) is 5.11 Å². The Morgan fingerprint density at radius 1 is 0.960 bits per heavy atom. The average molecular weight is 349 g/mol. The predicted molar refractivity (Wildman–Crippen MR) is 80.9 cm³/mol. The summed E-state index contributed by atoms with van der Waals surface area (Å²) in [4.78, 5) is 12.8. The molecule has 0 bridgehead atoms. The van der Waals surface area contributed by atoms with E-state index in [1.165, 1.54) is 0 Å². The molecule has 0 saturated heterocycles. The summed E-state index contributed by atoms with van der Waals surface area (Å²) < 4.78 is 5.16. The SMILES string of the molecule is N#CC(C#N)C(C#N)OCN(CO)c1nc(NCO)nc(NCO)n1. The zero-order chi connectivity index (χ0) is 18.7.